The summed E-state index contributed by atoms with van der Waals surface area (Å²) in [5.74, 6) is 0. The lowest BCUT2D eigenvalue weighted by Gasteiger charge is -2.26. The van der Waals surface area contributed by atoms with Crippen molar-refractivity contribution in [3.05, 3.63) is 158 Å². The van der Waals surface area contributed by atoms with E-state index in [1.54, 1.807) is 0 Å². The number of hydrogen-bond donors (Lipinski definition) is 0. The van der Waals surface area contributed by atoms with Crippen molar-refractivity contribution in [2.24, 2.45) is 0 Å². The van der Waals surface area contributed by atoms with Gasteiger partial charge in [0.1, 0.15) is 0 Å². The van der Waals surface area contributed by atoms with E-state index in [9.17, 15) is 0 Å². The van der Waals surface area contributed by atoms with Crippen LogP contribution in [0.25, 0.3) is 11.1 Å². The molecule has 2 nitrogen and oxygen atoms in total. The molecule has 0 fully saturated rings. The Morgan fingerprint density at radius 3 is 0.806 bits per heavy atom. The number of anilines is 6. The number of hydrogen-bond acceptors (Lipinski definition) is 2. The van der Waals surface area contributed by atoms with Gasteiger partial charge in [0.2, 0.25) is 0 Å². The van der Waals surface area contributed by atoms with Crippen LogP contribution in [0.3, 0.4) is 0 Å². The minimum atomic E-state index is 1.12. The third-order valence-electron chi connectivity index (χ3n) is 6.40. The van der Waals surface area contributed by atoms with Gasteiger partial charge in [0.25, 0.3) is 0 Å². The van der Waals surface area contributed by atoms with Gasteiger partial charge in [-0.1, -0.05) is 103 Å². The van der Waals surface area contributed by atoms with E-state index in [4.69, 9.17) is 0 Å². The highest BCUT2D eigenvalue weighted by Gasteiger charge is 2.26. The number of fused-ring (bicyclic) bond motifs is 1. The van der Waals surface area contributed by atoms with Gasteiger partial charge in [-0.25, -0.2) is 0 Å². The Hall–Kier alpha value is -4.82. The molecule has 2 heteroatoms. The summed E-state index contributed by atoms with van der Waals surface area (Å²) in [6.07, 6.45) is 0. The van der Waals surface area contributed by atoms with Gasteiger partial charge in [-0.2, -0.15) is 0 Å². The largest absolute Gasteiger partial charge is 0.310 e. The maximum Gasteiger partial charge on any atom is 0.0561 e. The second kappa shape index (κ2) is 9.81. The zero-order valence-electron chi connectivity index (χ0n) is 19.9. The molecule has 0 unspecified atom stereocenters. The molecule has 0 atom stereocenters. The zero-order chi connectivity index (χ0) is 24.2. The third-order valence-corrected chi connectivity index (χ3v) is 6.40. The van der Waals surface area contributed by atoms with Crippen molar-refractivity contribution in [1.29, 1.82) is 0 Å². The summed E-state index contributed by atoms with van der Waals surface area (Å²) in [5.41, 5.74) is 9.17. The van der Waals surface area contributed by atoms with Gasteiger partial charge in [-0.15, -0.1) is 0 Å². The van der Waals surface area contributed by atoms with Crippen LogP contribution in [0.15, 0.2) is 158 Å². The van der Waals surface area contributed by atoms with Crippen molar-refractivity contribution in [1.82, 2.24) is 0 Å². The van der Waals surface area contributed by atoms with Crippen LogP contribution in [0.1, 0.15) is 0 Å². The van der Waals surface area contributed by atoms with Gasteiger partial charge in [-0.3, -0.25) is 0 Å². The molecule has 0 aromatic heterocycles. The molecule has 0 saturated carbocycles. The molecule has 0 aliphatic heterocycles. The first-order chi connectivity index (χ1) is 17.9. The summed E-state index contributed by atoms with van der Waals surface area (Å²) in [5, 5.41) is 0. The average Bonchev–Trinajstić information content (AvgIpc) is 3.11. The van der Waals surface area contributed by atoms with Crippen LogP contribution < -0.4 is 9.80 Å². The van der Waals surface area contributed by atoms with Gasteiger partial charge < -0.3 is 9.80 Å². The average molecular weight is 463 g/mol. The van der Waals surface area contributed by atoms with E-state index in [-0.39, 0.29) is 0 Å². The molecule has 0 heterocycles. The number of nitrogens with zero attached hydrogens (tertiary/aromatic N) is 2. The van der Waals surface area contributed by atoms with Crippen LogP contribution in [0, 0.1) is 0 Å². The molecule has 4 aromatic carbocycles. The van der Waals surface area contributed by atoms with Crippen LogP contribution in [0.5, 0.6) is 0 Å². The Kier molecular flexibility index (Phi) is 5.91. The molecule has 0 spiro atoms. The first-order valence-electron chi connectivity index (χ1n) is 12.2. The fourth-order valence-electron chi connectivity index (χ4n) is 4.81. The second-order valence-corrected chi connectivity index (χ2v) is 8.67. The molecule has 172 valence electrons. The molecule has 6 rings (SSSR count). The predicted molar refractivity (Wildman–Crippen MR) is 152 cm³/mol. The lowest BCUT2D eigenvalue weighted by Crippen LogP contribution is -2.10. The van der Waals surface area contributed by atoms with Crippen LogP contribution in [-0.2, 0) is 0 Å². The molecular weight excluding hydrogens is 436 g/mol. The van der Waals surface area contributed by atoms with Crippen molar-refractivity contribution >= 4 is 34.1 Å². The maximum absolute atomic E-state index is 2.35. The van der Waals surface area contributed by atoms with Crippen LogP contribution in [0.2, 0.25) is 0 Å². The van der Waals surface area contributed by atoms with Crippen molar-refractivity contribution < 1.29 is 0 Å². The minimum absolute atomic E-state index is 1.12. The van der Waals surface area contributed by atoms with E-state index < -0.39 is 0 Å². The summed E-state index contributed by atoms with van der Waals surface area (Å²) >= 11 is 0. The Labute approximate surface area is 212 Å². The van der Waals surface area contributed by atoms with Gasteiger partial charge in [0.15, 0.2) is 0 Å². The first-order valence-corrected chi connectivity index (χ1v) is 12.2. The van der Waals surface area contributed by atoms with E-state index in [1.807, 2.05) is 0 Å². The maximum atomic E-state index is 2.35. The van der Waals surface area contributed by atoms with E-state index in [0.29, 0.717) is 0 Å². The fraction of sp³-hybridized carbons (Fsp3) is 0. The highest BCUT2D eigenvalue weighted by Crippen LogP contribution is 2.51. The van der Waals surface area contributed by atoms with Crippen LogP contribution >= 0.6 is 0 Å². The second-order valence-electron chi connectivity index (χ2n) is 8.67. The Morgan fingerprint density at radius 2 is 0.528 bits per heavy atom. The van der Waals surface area contributed by atoms with E-state index in [2.05, 4.69) is 168 Å². The van der Waals surface area contributed by atoms with E-state index in [1.165, 1.54) is 11.1 Å². The van der Waals surface area contributed by atoms with Crippen LogP contribution in [0.4, 0.5) is 34.1 Å². The Balaban J connectivity index is 1.63. The molecule has 36 heavy (non-hydrogen) atoms. The Bertz CT molecular complexity index is 1320. The lowest BCUT2D eigenvalue weighted by atomic mass is 10.1. The molecule has 0 saturated heterocycles. The van der Waals surface area contributed by atoms with Gasteiger partial charge in [0.05, 0.1) is 11.4 Å². The van der Waals surface area contributed by atoms with Gasteiger partial charge in [0, 0.05) is 33.9 Å². The summed E-state index contributed by atoms with van der Waals surface area (Å²) in [7, 11) is 0. The van der Waals surface area contributed by atoms with Crippen molar-refractivity contribution in [2.75, 3.05) is 9.80 Å². The highest BCUT2D eigenvalue weighted by atomic mass is 15.2. The molecule has 2 aliphatic carbocycles. The molecule has 0 bridgehead atoms. The summed E-state index contributed by atoms with van der Waals surface area (Å²) in [4.78, 5) is 4.69. The number of rotatable bonds is 6. The van der Waals surface area contributed by atoms with Crippen molar-refractivity contribution in [2.45, 2.75) is 0 Å². The first kappa shape index (κ1) is 21.7. The predicted octanol–water partition coefficient (Wildman–Crippen LogP) is 9.73. The quantitative estimate of drug-likeness (QED) is 0.243. The monoisotopic (exact) mass is 462 g/mol. The standard InChI is InChI=1S/C34H26N2/c1-6-16-27(17-7-1)35(28-18-8-2-9-19-28)33-26-34(32-25-15-5-14-24-31(32)33)36(29-20-10-3-11-21-29)30-22-12-4-13-23-30/h1-26H. The third kappa shape index (κ3) is 4.10. The van der Waals surface area contributed by atoms with Crippen molar-refractivity contribution in [3.8, 4) is 11.1 Å². The zero-order valence-corrected chi connectivity index (χ0v) is 19.9. The van der Waals surface area contributed by atoms with Gasteiger partial charge in [-0.05, 0) is 54.6 Å². The molecule has 2 aliphatic rings. The number of para-hydroxylation sites is 4. The fourth-order valence-corrected chi connectivity index (χ4v) is 4.81. The summed E-state index contributed by atoms with van der Waals surface area (Å²) in [6.45, 7) is 0. The molecule has 0 N–H and O–H groups in total. The van der Waals surface area contributed by atoms with Crippen molar-refractivity contribution in [3.63, 3.8) is 0 Å². The SMILES string of the molecule is c1ccc(N(c2ccccc2)c2cc(N(c3ccccc3)c3ccccc3)c3cccccc2-3)cc1. The highest BCUT2D eigenvalue weighted by molar-refractivity contribution is 6.01. The molecule has 4 aromatic rings. The van der Waals surface area contributed by atoms with E-state index >= 15 is 0 Å². The van der Waals surface area contributed by atoms with Gasteiger partial charge >= 0.3 is 0 Å². The summed E-state index contributed by atoms with van der Waals surface area (Å²) < 4.78 is 0. The minimum Gasteiger partial charge on any atom is -0.310 e. The summed E-state index contributed by atoms with van der Waals surface area (Å²) in [6, 6.07) is 55.5. The molecular formula is C34H26N2. The lowest BCUT2D eigenvalue weighted by molar-refractivity contribution is 1.28. The topological polar surface area (TPSA) is 6.48 Å². The Morgan fingerprint density at radius 1 is 0.278 bits per heavy atom. The van der Waals surface area contributed by atoms with Crippen LogP contribution in [-0.4, -0.2) is 0 Å². The van der Waals surface area contributed by atoms with E-state index in [0.717, 1.165) is 34.1 Å². The smallest absolute Gasteiger partial charge is 0.0561 e. The molecule has 0 amide bonds. The normalized spacial score (nSPS) is 10.8. The number of benzene rings is 4. The molecule has 0 radical (unpaired) electrons.